The smallest absolute Gasteiger partial charge is 0.224 e. The standard InChI is InChI=1S/C15H21N3O2.ClH/c1-10(16)5-8-15(20)17-12-6-7-13-11(9-12)3-2-4-14(19)18-13;/h6-7,9-10H,2-5,8,16H2,1H3,(H,17,20)(H,18,19);1H. The Balaban J connectivity index is 0.00000220. The summed E-state index contributed by atoms with van der Waals surface area (Å²) in [6, 6.07) is 5.63. The average Bonchev–Trinajstić information content (AvgIpc) is 2.57. The van der Waals surface area contributed by atoms with E-state index in [1.54, 1.807) is 0 Å². The van der Waals surface area contributed by atoms with Crippen LogP contribution in [0.1, 0.15) is 38.2 Å². The molecule has 1 aromatic carbocycles. The van der Waals surface area contributed by atoms with Crippen molar-refractivity contribution in [1.82, 2.24) is 0 Å². The number of carbonyl (C=O) groups is 2. The van der Waals surface area contributed by atoms with Gasteiger partial charge in [0.25, 0.3) is 0 Å². The summed E-state index contributed by atoms with van der Waals surface area (Å²) in [6.45, 7) is 1.89. The van der Waals surface area contributed by atoms with E-state index in [1.165, 1.54) is 0 Å². The zero-order valence-electron chi connectivity index (χ0n) is 12.1. The average molecular weight is 312 g/mol. The number of amides is 2. The minimum atomic E-state index is -0.0279. The van der Waals surface area contributed by atoms with Crippen LogP contribution in [0.5, 0.6) is 0 Å². The SMILES string of the molecule is CC(N)CCC(=O)Nc1ccc2c(c1)CCCC(=O)N2.Cl. The fourth-order valence-corrected chi connectivity index (χ4v) is 2.23. The van der Waals surface area contributed by atoms with Gasteiger partial charge in [-0.2, -0.15) is 0 Å². The van der Waals surface area contributed by atoms with Crippen molar-refractivity contribution in [3.05, 3.63) is 23.8 Å². The Hall–Kier alpha value is -1.59. The highest BCUT2D eigenvalue weighted by Gasteiger charge is 2.13. The van der Waals surface area contributed by atoms with Gasteiger partial charge in [-0.3, -0.25) is 9.59 Å². The number of benzene rings is 1. The molecule has 0 saturated heterocycles. The Labute approximate surface area is 131 Å². The van der Waals surface area contributed by atoms with Gasteiger partial charge in [0.15, 0.2) is 0 Å². The molecule has 0 aliphatic carbocycles. The minimum absolute atomic E-state index is 0. The predicted octanol–water partition coefficient (Wildman–Crippen LogP) is 2.45. The lowest BCUT2D eigenvalue weighted by atomic mass is 10.1. The largest absolute Gasteiger partial charge is 0.328 e. The molecule has 0 radical (unpaired) electrons. The molecule has 0 spiro atoms. The van der Waals surface area contributed by atoms with Crippen LogP contribution < -0.4 is 16.4 Å². The van der Waals surface area contributed by atoms with Gasteiger partial charge in [-0.25, -0.2) is 0 Å². The summed E-state index contributed by atoms with van der Waals surface area (Å²) in [5.41, 5.74) is 8.33. The van der Waals surface area contributed by atoms with Crippen molar-refractivity contribution in [3.8, 4) is 0 Å². The molecule has 0 bridgehead atoms. The number of hydrogen-bond acceptors (Lipinski definition) is 3. The quantitative estimate of drug-likeness (QED) is 0.798. The van der Waals surface area contributed by atoms with E-state index in [0.717, 1.165) is 29.8 Å². The van der Waals surface area contributed by atoms with Gasteiger partial charge in [0.2, 0.25) is 11.8 Å². The lowest BCUT2D eigenvalue weighted by Gasteiger charge is -2.11. The van der Waals surface area contributed by atoms with E-state index in [0.29, 0.717) is 19.3 Å². The van der Waals surface area contributed by atoms with E-state index in [-0.39, 0.29) is 30.3 Å². The topological polar surface area (TPSA) is 84.2 Å². The van der Waals surface area contributed by atoms with E-state index in [4.69, 9.17) is 5.73 Å². The molecule has 1 heterocycles. The number of nitrogens with two attached hydrogens (primary N) is 1. The highest BCUT2D eigenvalue weighted by molar-refractivity contribution is 5.94. The Morgan fingerprint density at radius 2 is 2.19 bits per heavy atom. The molecule has 116 valence electrons. The van der Waals surface area contributed by atoms with Crippen LogP contribution in [0.15, 0.2) is 18.2 Å². The number of nitrogens with one attached hydrogen (secondary N) is 2. The van der Waals surface area contributed by atoms with Crippen LogP contribution in [0.4, 0.5) is 11.4 Å². The Morgan fingerprint density at radius 1 is 1.43 bits per heavy atom. The van der Waals surface area contributed by atoms with Crippen LogP contribution in [-0.4, -0.2) is 17.9 Å². The van der Waals surface area contributed by atoms with E-state index >= 15 is 0 Å². The van der Waals surface area contributed by atoms with Gasteiger partial charge in [-0.15, -0.1) is 12.4 Å². The molecule has 21 heavy (non-hydrogen) atoms. The second-order valence-electron chi connectivity index (χ2n) is 5.34. The molecule has 2 rings (SSSR count). The van der Waals surface area contributed by atoms with Crippen molar-refractivity contribution in [2.24, 2.45) is 5.73 Å². The molecular formula is C15H22ClN3O2. The molecule has 1 aliphatic rings. The van der Waals surface area contributed by atoms with Gasteiger partial charge >= 0.3 is 0 Å². The molecule has 4 N–H and O–H groups in total. The maximum Gasteiger partial charge on any atom is 0.224 e. The maximum atomic E-state index is 11.8. The highest BCUT2D eigenvalue weighted by Crippen LogP contribution is 2.25. The first-order valence-corrected chi connectivity index (χ1v) is 7.03. The maximum absolute atomic E-state index is 11.8. The van der Waals surface area contributed by atoms with Crippen LogP contribution in [0, 0.1) is 0 Å². The zero-order valence-corrected chi connectivity index (χ0v) is 13.0. The fraction of sp³-hybridized carbons (Fsp3) is 0.467. The molecule has 0 fully saturated rings. The third-order valence-corrected chi connectivity index (χ3v) is 3.34. The summed E-state index contributed by atoms with van der Waals surface area (Å²) in [4.78, 5) is 23.2. The molecule has 0 saturated carbocycles. The molecule has 1 atom stereocenters. The minimum Gasteiger partial charge on any atom is -0.328 e. The fourth-order valence-electron chi connectivity index (χ4n) is 2.23. The molecular weight excluding hydrogens is 290 g/mol. The third-order valence-electron chi connectivity index (χ3n) is 3.34. The van der Waals surface area contributed by atoms with Gasteiger partial charge in [-0.1, -0.05) is 0 Å². The van der Waals surface area contributed by atoms with Crippen LogP contribution in [0.2, 0.25) is 0 Å². The van der Waals surface area contributed by atoms with Gasteiger partial charge < -0.3 is 16.4 Å². The van der Waals surface area contributed by atoms with Crippen LogP contribution in [0.25, 0.3) is 0 Å². The van der Waals surface area contributed by atoms with Gasteiger partial charge in [0.05, 0.1) is 0 Å². The molecule has 0 aromatic heterocycles. The number of anilines is 2. The molecule has 5 nitrogen and oxygen atoms in total. The second-order valence-corrected chi connectivity index (χ2v) is 5.34. The Kier molecular flexibility index (Phi) is 6.65. The lowest BCUT2D eigenvalue weighted by molar-refractivity contribution is -0.117. The molecule has 1 unspecified atom stereocenters. The summed E-state index contributed by atoms with van der Waals surface area (Å²) in [5, 5.41) is 5.75. The van der Waals surface area contributed by atoms with E-state index in [9.17, 15) is 9.59 Å². The summed E-state index contributed by atoms with van der Waals surface area (Å²) < 4.78 is 0. The Bertz CT molecular complexity index is 518. The molecule has 1 aliphatic heterocycles. The van der Waals surface area contributed by atoms with Crippen LogP contribution in [-0.2, 0) is 16.0 Å². The van der Waals surface area contributed by atoms with Crippen molar-refractivity contribution in [2.45, 2.75) is 45.1 Å². The Morgan fingerprint density at radius 3 is 2.90 bits per heavy atom. The van der Waals surface area contributed by atoms with E-state index < -0.39 is 0 Å². The number of aryl methyl sites for hydroxylation is 1. The van der Waals surface area contributed by atoms with Crippen LogP contribution in [0.3, 0.4) is 0 Å². The first-order chi connectivity index (χ1) is 9.54. The zero-order chi connectivity index (χ0) is 14.5. The van der Waals surface area contributed by atoms with Gasteiger partial charge in [0, 0.05) is 30.3 Å². The third kappa shape index (κ3) is 5.36. The first-order valence-electron chi connectivity index (χ1n) is 7.03. The van der Waals surface area contributed by atoms with Crippen molar-refractivity contribution in [1.29, 1.82) is 0 Å². The number of hydrogen-bond donors (Lipinski definition) is 3. The van der Waals surface area contributed by atoms with E-state index in [2.05, 4.69) is 10.6 Å². The monoisotopic (exact) mass is 311 g/mol. The van der Waals surface area contributed by atoms with Crippen molar-refractivity contribution >= 4 is 35.6 Å². The van der Waals surface area contributed by atoms with Gasteiger partial charge in [-0.05, 0) is 49.9 Å². The van der Waals surface area contributed by atoms with Crippen LogP contribution >= 0.6 is 12.4 Å². The van der Waals surface area contributed by atoms with Crippen molar-refractivity contribution in [2.75, 3.05) is 10.6 Å². The highest BCUT2D eigenvalue weighted by atomic mass is 35.5. The summed E-state index contributed by atoms with van der Waals surface area (Å²) in [7, 11) is 0. The second kappa shape index (κ2) is 8.00. The lowest BCUT2D eigenvalue weighted by Crippen LogP contribution is -2.19. The number of fused-ring (bicyclic) bond motifs is 1. The molecule has 1 aromatic rings. The van der Waals surface area contributed by atoms with Crippen molar-refractivity contribution < 1.29 is 9.59 Å². The molecule has 2 amide bonds. The summed E-state index contributed by atoms with van der Waals surface area (Å²) in [5.74, 6) is 0.0253. The number of carbonyl (C=O) groups excluding carboxylic acids is 2. The van der Waals surface area contributed by atoms with E-state index in [1.807, 2.05) is 25.1 Å². The van der Waals surface area contributed by atoms with Gasteiger partial charge in [0.1, 0.15) is 0 Å². The van der Waals surface area contributed by atoms with Crippen molar-refractivity contribution in [3.63, 3.8) is 0 Å². The summed E-state index contributed by atoms with van der Waals surface area (Å²) in [6.07, 6.45) is 3.32. The normalized spacial score (nSPS) is 15.0. The predicted molar refractivity (Wildman–Crippen MR) is 86.8 cm³/mol. The number of halogens is 1. The molecule has 6 heteroatoms. The number of rotatable bonds is 4. The first kappa shape index (κ1) is 17.5. The summed E-state index contributed by atoms with van der Waals surface area (Å²) >= 11 is 0.